The molecule has 1 heterocycles. The van der Waals surface area contributed by atoms with Gasteiger partial charge in [-0.2, -0.15) is 0 Å². The minimum Gasteiger partial charge on any atom is -0.391 e. The van der Waals surface area contributed by atoms with Crippen molar-refractivity contribution >= 4 is 13.3 Å². The second kappa shape index (κ2) is 8.44. The summed E-state index contributed by atoms with van der Waals surface area (Å²) < 4.78 is 12.3. The molecule has 0 aromatic rings. The van der Waals surface area contributed by atoms with Crippen molar-refractivity contribution < 1.29 is 19.4 Å². The second-order valence-corrected chi connectivity index (χ2v) is 9.19. The van der Waals surface area contributed by atoms with Crippen LogP contribution in [0.3, 0.4) is 0 Å². The van der Waals surface area contributed by atoms with E-state index in [9.17, 15) is 19.4 Å². The molecule has 4 N–H and O–H groups in total. The summed E-state index contributed by atoms with van der Waals surface area (Å²) in [5, 5.41) is 15.7. The van der Waals surface area contributed by atoms with Gasteiger partial charge in [0, 0.05) is 12.7 Å². The lowest BCUT2D eigenvalue weighted by atomic mass is 9.91. The Bertz CT molecular complexity index is 406. The summed E-state index contributed by atoms with van der Waals surface area (Å²) >= 11 is 0. The zero-order chi connectivity index (χ0) is 16.0. The highest BCUT2D eigenvalue weighted by Gasteiger charge is 2.29. The van der Waals surface area contributed by atoms with Gasteiger partial charge in [-0.3, -0.25) is 9.36 Å². The molecule has 7 heteroatoms. The molecule has 0 aromatic heterocycles. The van der Waals surface area contributed by atoms with Gasteiger partial charge in [0.1, 0.15) is 0 Å². The minimum absolute atomic E-state index is 0.0478. The molecule has 1 amide bonds. The average molecular weight is 332 g/mol. The predicted octanol–water partition coefficient (Wildman–Crippen LogP) is 1.07. The molecule has 1 saturated heterocycles. The monoisotopic (exact) mass is 332 g/mol. The molecule has 0 bridgehead atoms. The third kappa shape index (κ3) is 5.99. The van der Waals surface area contributed by atoms with Gasteiger partial charge in [-0.05, 0) is 38.1 Å². The van der Waals surface area contributed by atoms with Gasteiger partial charge in [-0.1, -0.05) is 19.3 Å². The third-order valence-corrected chi connectivity index (χ3v) is 6.73. The van der Waals surface area contributed by atoms with Crippen molar-refractivity contribution in [3.05, 3.63) is 0 Å². The molecule has 1 aliphatic heterocycles. The van der Waals surface area contributed by atoms with E-state index in [0.29, 0.717) is 12.1 Å². The van der Waals surface area contributed by atoms with Gasteiger partial charge in [-0.15, -0.1) is 0 Å². The van der Waals surface area contributed by atoms with Crippen molar-refractivity contribution in [2.45, 2.75) is 57.1 Å². The zero-order valence-corrected chi connectivity index (χ0v) is 14.1. The lowest BCUT2D eigenvalue weighted by molar-refractivity contribution is -0.123. The van der Waals surface area contributed by atoms with Crippen LogP contribution in [0.25, 0.3) is 0 Å². The molecule has 2 rings (SSSR count). The highest BCUT2D eigenvalue weighted by molar-refractivity contribution is 7.58. The normalized spacial score (nSPS) is 27.3. The summed E-state index contributed by atoms with van der Waals surface area (Å²) in [5.41, 5.74) is 0. The summed E-state index contributed by atoms with van der Waals surface area (Å²) in [6, 6.07) is -0.185. The molecule has 2 fully saturated rings. The van der Waals surface area contributed by atoms with Gasteiger partial charge in [0.05, 0.1) is 18.3 Å². The van der Waals surface area contributed by atoms with E-state index < -0.39 is 13.5 Å². The lowest BCUT2D eigenvalue weighted by Gasteiger charge is -2.25. The SMILES string of the molecule is O=C(NC[C@@H](O)CP(=O)(O)CC1CCCCC1)C1CCCN1. The molecular formula is C15H29N2O4P. The smallest absolute Gasteiger partial charge is 0.237 e. The van der Waals surface area contributed by atoms with E-state index in [1.807, 2.05) is 0 Å². The van der Waals surface area contributed by atoms with E-state index in [4.69, 9.17) is 0 Å². The number of carbonyl (C=O) groups excluding carboxylic acids is 1. The van der Waals surface area contributed by atoms with E-state index in [0.717, 1.165) is 45.1 Å². The molecule has 1 aliphatic carbocycles. The Morgan fingerprint density at radius 2 is 1.95 bits per heavy atom. The van der Waals surface area contributed by atoms with Gasteiger partial charge >= 0.3 is 0 Å². The summed E-state index contributed by atoms with van der Waals surface area (Å²) in [6.45, 7) is 0.889. The largest absolute Gasteiger partial charge is 0.391 e. The number of aliphatic hydroxyl groups excluding tert-OH is 1. The summed E-state index contributed by atoms with van der Waals surface area (Å²) in [4.78, 5) is 21.9. The lowest BCUT2D eigenvalue weighted by Crippen LogP contribution is -2.43. The fourth-order valence-corrected chi connectivity index (χ4v) is 5.60. The average Bonchev–Trinajstić information content (AvgIpc) is 2.99. The van der Waals surface area contributed by atoms with Crippen LogP contribution in [0.15, 0.2) is 0 Å². The number of hydrogen-bond acceptors (Lipinski definition) is 4. The van der Waals surface area contributed by atoms with Crippen LogP contribution in [0, 0.1) is 5.92 Å². The molecule has 22 heavy (non-hydrogen) atoms. The van der Waals surface area contributed by atoms with E-state index in [1.165, 1.54) is 6.42 Å². The van der Waals surface area contributed by atoms with Crippen molar-refractivity contribution in [1.82, 2.24) is 10.6 Å². The quantitative estimate of drug-likeness (QED) is 0.523. The van der Waals surface area contributed by atoms with Crippen LogP contribution >= 0.6 is 7.37 Å². The Labute approximate surface area is 132 Å². The summed E-state index contributed by atoms with van der Waals surface area (Å²) in [5.74, 6) is 0.186. The maximum Gasteiger partial charge on any atom is 0.237 e. The number of carbonyl (C=O) groups is 1. The fourth-order valence-electron chi connectivity index (χ4n) is 3.49. The molecule has 0 aromatic carbocycles. The zero-order valence-electron chi connectivity index (χ0n) is 13.2. The van der Waals surface area contributed by atoms with Crippen molar-refractivity contribution in [3.63, 3.8) is 0 Å². The highest BCUT2D eigenvalue weighted by atomic mass is 31.2. The minimum atomic E-state index is -3.32. The molecule has 2 unspecified atom stereocenters. The Morgan fingerprint density at radius 1 is 1.23 bits per heavy atom. The molecule has 128 valence electrons. The number of aliphatic hydroxyl groups is 1. The highest BCUT2D eigenvalue weighted by Crippen LogP contribution is 2.45. The molecule has 0 radical (unpaired) electrons. The first kappa shape index (κ1) is 17.9. The third-order valence-electron chi connectivity index (χ3n) is 4.65. The van der Waals surface area contributed by atoms with Gasteiger partial charge in [0.25, 0.3) is 0 Å². The van der Waals surface area contributed by atoms with E-state index in [-0.39, 0.29) is 24.7 Å². The summed E-state index contributed by atoms with van der Waals surface area (Å²) in [6.07, 6.45) is 6.55. The van der Waals surface area contributed by atoms with Crippen LogP contribution < -0.4 is 10.6 Å². The van der Waals surface area contributed by atoms with Crippen LogP contribution in [-0.4, -0.2) is 53.5 Å². The van der Waals surface area contributed by atoms with Crippen LogP contribution in [-0.2, 0) is 9.36 Å². The maximum absolute atomic E-state index is 12.3. The van der Waals surface area contributed by atoms with Crippen molar-refractivity contribution in [2.75, 3.05) is 25.4 Å². The predicted molar refractivity (Wildman–Crippen MR) is 86.2 cm³/mol. The topological polar surface area (TPSA) is 98.7 Å². The molecule has 6 nitrogen and oxygen atoms in total. The first-order valence-corrected chi connectivity index (χ1v) is 10.5. The molecule has 3 atom stereocenters. The fraction of sp³-hybridized carbons (Fsp3) is 0.933. The Kier molecular flexibility index (Phi) is 6.87. The Morgan fingerprint density at radius 3 is 2.59 bits per heavy atom. The standard InChI is InChI=1S/C15H29N2O4P/c18-13(9-17-15(19)14-7-4-8-16-14)11-22(20,21)10-12-5-2-1-3-6-12/h12-14,16,18H,1-11H2,(H,17,19)(H,20,21)/t13-,14?/m1/s1. The van der Waals surface area contributed by atoms with Gasteiger partial charge < -0.3 is 20.6 Å². The van der Waals surface area contributed by atoms with E-state index in [1.54, 1.807) is 0 Å². The van der Waals surface area contributed by atoms with Crippen molar-refractivity contribution in [3.8, 4) is 0 Å². The Balaban J connectivity index is 1.69. The van der Waals surface area contributed by atoms with Gasteiger partial charge in [0.2, 0.25) is 13.3 Å². The number of nitrogens with one attached hydrogen (secondary N) is 2. The second-order valence-electron chi connectivity index (χ2n) is 6.76. The number of hydrogen-bond donors (Lipinski definition) is 4. The molecule has 1 saturated carbocycles. The van der Waals surface area contributed by atoms with Crippen molar-refractivity contribution in [2.24, 2.45) is 5.92 Å². The van der Waals surface area contributed by atoms with E-state index in [2.05, 4.69) is 10.6 Å². The van der Waals surface area contributed by atoms with Gasteiger partial charge in [-0.25, -0.2) is 0 Å². The van der Waals surface area contributed by atoms with Crippen LogP contribution in [0.2, 0.25) is 0 Å². The molecule has 0 spiro atoms. The Hall–Kier alpha value is -0.420. The van der Waals surface area contributed by atoms with Crippen LogP contribution in [0.1, 0.15) is 44.9 Å². The molecular weight excluding hydrogens is 303 g/mol. The van der Waals surface area contributed by atoms with Crippen LogP contribution in [0.5, 0.6) is 0 Å². The van der Waals surface area contributed by atoms with Crippen LogP contribution in [0.4, 0.5) is 0 Å². The first-order valence-electron chi connectivity index (χ1n) is 8.46. The summed E-state index contributed by atoms with van der Waals surface area (Å²) in [7, 11) is -3.32. The first-order chi connectivity index (χ1) is 10.5. The molecule has 2 aliphatic rings. The maximum atomic E-state index is 12.3. The number of rotatable bonds is 7. The van der Waals surface area contributed by atoms with Gasteiger partial charge in [0.15, 0.2) is 0 Å². The van der Waals surface area contributed by atoms with E-state index >= 15 is 0 Å². The van der Waals surface area contributed by atoms with Crippen molar-refractivity contribution in [1.29, 1.82) is 0 Å². The number of amides is 1.